The lowest BCUT2D eigenvalue weighted by atomic mass is 9.97. The zero-order valence-electron chi connectivity index (χ0n) is 16.7. The van der Waals surface area contributed by atoms with Crippen LogP contribution in [0.5, 0.6) is 0 Å². The summed E-state index contributed by atoms with van der Waals surface area (Å²) in [7, 11) is 0. The fourth-order valence-electron chi connectivity index (χ4n) is 4.12. The van der Waals surface area contributed by atoms with Crippen molar-refractivity contribution in [2.75, 3.05) is 6.54 Å². The van der Waals surface area contributed by atoms with Gasteiger partial charge in [0.1, 0.15) is 5.82 Å². The SMILES string of the molecule is CCN1C(=S)N[C@H](c2ccccn2)[C@H]1c1cc(C)n(-c2ccc(C)cn2)c1C. The van der Waals surface area contributed by atoms with Gasteiger partial charge in [-0.25, -0.2) is 4.98 Å². The molecule has 0 bridgehead atoms. The van der Waals surface area contributed by atoms with Gasteiger partial charge in [0.2, 0.25) is 0 Å². The van der Waals surface area contributed by atoms with E-state index in [0.29, 0.717) is 0 Å². The predicted molar refractivity (Wildman–Crippen MR) is 116 cm³/mol. The van der Waals surface area contributed by atoms with E-state index in [2.05, 4.69) is 76.7 Å². The molecule has 3 aromatic rings. The van der Waals surface area contributed by atoms with Crippen molar-refractivity contribution in [3.05, 3.63) is 77.0 Å². The predicted octanol–water partition coefficient (Wildman–Crippen LogP) is 4.18. The van der Waals surface area contributed by atoms with E-state index < -0.39 is 0 Å². The van der Waals surface area contributed by atoms with Crippen molar-refractivity contribution in [2.24, 2.45) is 0 Å². The third-order valence-corrected chi connectivity index (χ3v) is 5.80. The van der Waals surface area contributed by atoms with Crippen molar-refractivity contribution in [1.29, 1.82) is 0 Å². The molecule has 1 aliphatic heterocycles. The van der Waals surface area contributed by atoms with Gasteiger partial charge in [-0.3, -0.25) is 4.98 Å². The largest absolute Gasteiger partial charge is 0.352 e. The number of aromatic nitrogens is 3. The molecular weight excluding hydrogens is 366 g/mol. The zero-order chi connectivity index (χ0) is 19.8. The van der Waals surface area contributed by atoms with Crippen LogP contribution < -0.4 is 5.32 Å². The Hall–Kier alpha value is -2.73. The first kappa shape index (κ1) is 18.6. The van der Waals surface area contributed by atoms with Gasteiger partial charge in [-0.2, -0.15) is 0 Å². The second-order valence-electron chi connectivity index (χ2n) is 7.27. The van der Waals surface area contributed by atoms with Gasteiger partial charge in [0.15, 0.2) is 5.11 Å². The molecule has 0 aliphatic carbocycles. The Balaban J connectivity index is 1.82. The fraction of sp³-hybridized carbons (Fsp3) is 0.318. The molecule has 0 spiro atoms. The average molecular weight is 392 g/mol. The maximum absolute atomic E-state index is 5.65. The summed E-state index contributed by atoms with van der Waals surface area (Å²) in [6, 6.07) is 12.6. The molecule has 4 heterocycles. The number of hydrogen-bond acceptors (Lipinski definition) is 3. The lowest BCUT2D eigenvalue weighted by Gasteiger charge is -2.27. The molecule has 0 amide bonds. The van der Waals surface area contributed by atoms with Crippen LogP contribution in [0, 0.1) is 20.8 Å². The van der Waals surface area contributed by atoms with E-state index in [9.17, 15) is 0 Å². The summed E-state index contributed by atoms with van der Waals surface area (Å²) in [5.74, 6) is 0.942. The minimum Gasteiger partial charge on any atom is -0.352 e. The van der Waals surface area contributed by atoms with Crippen LogP contribution in [0.25, 0.3) is 5.82 Å². The number of nitrogens with zero attached hydrogens (tertiary/aromatic N) is 4. The summed E-state index contributed by atoms with van der Waals surface area (Å²) >= 11 is 5.65. The molecule has 1 aliphatic rings. The minimum absolute atomic E-state index is 0.0218. The van der Waals surface area contributed by atoms with E-state index in [4.69, 9.17) is 12.2 Å². The van der Waals surface area contributed by atoms with Gasteiger partial charge in [-0.1, -0.05) is 12.1 Å². The van der Waals surface area contributed by atoms with Crippen LogP contribution in [-0.4, -0.2) is 31.1 Å². The molecule has 1 saturated heterocycles. The van der Waals surface area contributed by atoms with Crippen LogP contribution in [0.1, 0.15) is 47.2 Å². The van der Waals surface area contributed by atoms with Crippen LogP contribution in [-0.2, 0) is 0 Å². The van der Waals surface area contributed by atoms with Crippen molar-refractivity contribution in [3.8, 4) is 5.82 Å². The first-order valence-corrected chi connectivity index (χ1v) is 10.0. The van der Waals surface area contributed by atoms with Crippen molar-refractivity contribution < 1.29 is 0 Å². The molecule has 28 heavy (non-hydrogen) atoms. The maximum Gasteiger partial charge on any atom is 0.170 e. The number of pyridine rings is 2. The number of aryl methyl sites for hydroxylation is 2. The van der Waals surface area contributed by atoms with Crippen LogP contribution in [0.4, 0.5) is 0 Å². The van der Waals surface area contributed by atoms with Crippen LogP contribution in [0.3, 0.4) is 0 Å². The van der Waals surface area contributed by atoms with Crippen molar-refractivity contribution in [1.82, 2.24) is 24.8 Å². The van der Waals surface area contributed by atoms with Crippen LogP contribution in [0.2, 0.25) is 0 Å². The molecule has 0 radical (unpaired) electrons. The molecule has 6 heteroatoms. The van der Waals surface area contributed by atoms with Gasteiger partial charge in [0, 0.05) is 30.3 Å². The highest BCUT2D eigenvalue weighted by Crippen LogP contribution is 2.40. The summed E-state index contributed by atoms with van der Waals surface area (Å²) in [5.41, 5.74) is 5.76. The Bertz CT molecular complexity index is 994. The first-order chi connectivity index (χ1) is 13.5. The van der Waals surface area contributed by atoms with Crippen LogP contribution >= 0.6 is 12.2 Å². The fourth-order valence-corrected chi connectivity index (χ4v) is 4.49. The number of likely N-dealkylation sites (N-methyl/N-ethyl adjacent to an activating group) is 1. The average Bonchev–Trinajstić information content (AvgIpc) is 3.18. The van der Waals surface area contributed by atoms with Gasteiger partial charge >= 0.3 is 0 Å². The molecule has 4 rings (SSSR count). The molecule has 0 aromatic carbocycles. The van der Waals surface area contributed by atoms with Crippen molar-refractivity contribution in [3.63, 3.8) is 0 Å². The summed E-state index contributed by atoms with van der Waals surface area (Å²) in [5, 5.41) is 4.27. The normalized spacial score (nSPS) is 19.1. The zero-order valence-corrected chi connectivity index (χ0v) is 17.5. The Morgan fingerprint density at radius 2 is 1.93 bits per heavy atom. The Labute approximate surface area is 171 Å². The van der Waals surface area contributed by atoms with Gasteiger partial charge in [-0.15, -0.1) is 0 Å². The lowest BCUT2D eigenvalue weighted by Crippen LogP contribution is -2.29. The molecule has 5 nitrogen and oxygen atoms in total. The molecule has 2 atom stereocenters. The second-order valence-corrected chi connectivity index (χ2v) is 7.65. The van der Waals surface area contributed by atoms with E-state index in [0.717, 1.165) is 34.4 Å². The quantitative estimate of drug-likeness (QED) is 0.676. The molecular formula is C22H25N5S. The molecule has 3 aromatic heterocycles. The molecule has 1 fully saturated rings. The van der Waals surface area contributed by atoms with E-state index in [1.165, 1.54) is 11.3 Å². The van der Waals surface area contributed by atoms with E-state index >= 15 is 0 Å². The Morgan fingerprint density at radius 3 is 2.57 bits per heavy atom. The summed E-state index contributed by atoms with van der Waals surface area (Å²) < 4.78 is 2.22. The van der Waals surface area contributed by atoms with E-state index in [1.54, 1.807) is 0 Å². The van der Waals surface area contributed by atoms with Crippen molar-refractivity contribution in [2.45, 2.75) is 39.8 Å². The molecule has 0 saturated carbocycles. The van der Waals surface area contributed by atoms with Gasteiger partial charge < -0.3 is 14.8 Å². The summed E-state index contributed by atoms with van der Waals surface area (Å²) in [6.07, 6.45) is 3.75. The smallest absolute Gasteiger partial charge is 0.170 e. The number of thiocarbonyl (C=S) groups is 1. The third kappa shape index (κ3) is 3.07. The highest BCUT2D eigenvalue weighted by molar-refractivity contribution is 7.80. The van der Waals surface area contributed by atoms with E-state index in [-0.39, 0.29) is 12.1 Å². The van der Waals surface area contributed by atoms with Gasteiger partial charge in [-0.05, 0) is 75.3 Å². The topological polar surface area (TPSA) is 46.0 Å². The highest BCUT2D eigenvalue weighted by Gasteiger charge is 2.40. The molecule has 0 unspecified atom stereocenters. The number of nitrogens with one attached hydrogen (secondary N) is 1. The highest BCUT2D eigenvalue weighted by atomic mass is 32.1. The van der Waals surface area contributed by atoms with Crippen molar-refractivity contribution >= 4 is 17.3 Å². The lowest BCUT2D eigenvalue weighted by molar-refractivity contribution is 0.329. The van der Waals surface area contributed by atoms with Crippen LogP contribution in [0.15, 0.2) is 48.8 Å². The van der Waals surface area contributed by atoms with Gasteiger partial charge in [0.05, 0.1) is 17.8 Å². The standard InChI is InChI=1S/C22H25N5S/c1-5-26-21(20(25-22(26)28)18-8-6-7-11-23-18)17-12-15(3)27(16(17)4)19-10-9-14(2)13-24-19/h6-13,20-21H,5H2,1-4H3,(H,25,28)/t20-,21-/m1/s1. The summed E-state index contributed by atoms with van der Waals surface area (Å²) in [4.78, 5) is 11.5. The second kappa shape index (κ2) is 7.36. The molecule has 144 valence electrons. The summed E-state index contributed by atoms with van der Waals surface area (Å²) in [6.45, 7) is 9.33. The van der Waals surface area contributed by atoms with Gasteiger partial charge in [0.25, 0.3) is 0 Å². The van der Waals surface area contributed by atoms with E-state index in [1.807, 2.05) is 24.5 Å². The monoisotopic (exact) mass is 391 g/mol. The Morgan fingerprint density at radius 1 is 1.11 bits per heavy atom. The number of rotatable bonds is 4. The first-order valence-electron chi connectivity index (χ1n) is 9.61. The Kier molecular flexibility index (Phi) is 4.89. The maximum atomic E-state index is 5.65. The third-order valence-electron chi connectivity index (χ3n) is 5.45. The minimum atomic E-state index is 0.0218. The number of hydrogen-bond donors (Lipinski definition) is 1. The molecule has 1 N–H and O–H groups in total.